The quantitative estimate of drug-likeness (QED) is 0.475. The molecule has 0 aliphatic carbocycles. The average molecular weight is 362 g/mol. The number of hydrogen-bond acceptors (Lipinski definition) is 4. The highest BCUT2D eigenvalue weighted by Gasteiger charge is 2.33. The summed E-state index contributed by atoms with van der Waals surface area (Å²) in [5.41, 5.74) is -1.56. The Morgan fingerprint density at radius 3 is 2.36 bits per heavy atom. The molecular formula is C16H21F3N2O4. The molecule has 0 saturated carbocycles. The lowest BCUT2D eigenvalue weighted by atomic mass is 9.87. The maximum atomic E-state index is 13.8. The first-order valence-corrected chi connectivity index (χ1v) is 7.50. The van der Waals surface area contributed by atoms with Gasteiger partial charge in [0.2, 0.25) is 12.3 Å². The van der Waals surface area contributed by atoms with Gasteiger partial charge in [0.15, 0.2) is 11.6 Å². The molecule has 0 radical (unpaired) electrons. The molecule has 0 saturated heterocycles. The number of anilines is 1. The number of aliphatic hydroxyl groups excluding tert-OH is 2. The highest BCUT2D eigenvalue weighted by atomic mass is 19.2. The number of carbonyl (C=O) groups excluding carboxylic acids is 2. The molecule has 0 unspecified atom stereocenters. The van der Waals surface area contributed by atoms with Crippen LogP contribution in [0.15, 0.2) is 12.1 Å². The van der Waals surface area contributed by atoms with Gasteiger partial charge in [0.1, 0.15) is 11.9 Å². The van der Waals surface area contributed by atoms with Crippen LogP contribution in [0, 0.1) is 22.9 Å². The minimum Gasteiger partial charge on any atom is -0.396 e. The Hall–Kier alpha value is -2.13. The summed E-state index contributed by atoms with van der Waals surface area (Å²) in [7, 11) is 0. The fraction of sp³-hybridized carbons (Fsp3) is 0.500. The lowest BCUT2D eigenvalue weighted by molar-refractivity contribution is -0.137. The van der Waals surface area contributed by atoms with Crippen molar-refractivity contribution < 1.29 is 33.0 Å². The first-order chi connectivity index (χ1) is 11.5. The van der Waals surface area contributed by atoms with Gasteiger partial charge in [-0.2, -0.15) is 0 Å². The van der Waals surface area contributed by atoms with Crippen molar-refractivity contribution in [2.75, 3.05) is 18.1 Å². The maximum Gasteiger partial charge on any atom is 0.249 e. The van der Waals surface area contributed by atoms with Crippen molar-refractivity contribution in [3.05, 3.63) is 29.6 Å². The predicted molar refractivity (Wildman–Crippen MR) is 84.2 cm³/mol. The third-order valence-electron chi connectivity index (χ3n) is 3.82. The van der Waals surface area contributed by atoms with Crippen molar-refractivity contribution in [3.63, 3.8) is 0 Å². The Balaban J connectivity index is 2.84. The summed E-state index contributed by atoms with van der Waals surface area (Å²) in [6, 6.07) is 0.0476. The summed E-state index contributed by atoms with van der Waals surface area (Å²) >= 11 is 0. The van der Waals surface area contributed by atoms with E-state index in [0.717, 1.165) is 4.90 Å². The summed E-state index contributed by atoms with van der Waals surface area (Å²) in [4.78, 5) is 23.9. The molecule has 0 spiro atoms. The van der Waals surface area contributed by atoms with Crippen LogP contribution in [0.4, 0.5) is 18.9 Å². The van der Waals surface area contributed by atoms with Crippen LogP contribution in [-0.2, 0) is 9.59 Å². The topological polar surface area (TPSA) is 89.9 Å². The monoisotopic (exact) mass is 362 g/mol. The number of hydrogen-bond donors (Lipinski definition) is 3. The number of benzene rings is 1. The molecule has 25 heavy (non-hydrogen) atoms. The van der Waals surface area contributed by atoms with Crippen LogP contribution in [0.1, 0.15) is 20.8 Å². The standard InChI is InChI=1S/C16H21F3N2O4/c1-9(6-20-15(25)14(24)16(2,3)7-22)21(8-23)13-5-11(18)10(17)4-12(13)19/h4-5,8-9,14,22,24H,6-7H2,1-3H3,(H,20,25)/t9-,14+/m0/s1. The van der Waals surface area contributed by atoms with Crippen molar-refractivity contribution in [3.8, 4) is 0 Å². The molecule has 0 aliphatic rings. The largest absolute Gasteiger partial charge is 0.396 e. The fourth-order valence-electron chi connectivity index (χ4n) is 1.99. The van der Waals surface area contributed by atoms with Gasteiger partial charge < -0.3 is 20.4 Å². The Bertz CT molecular complexity index is 640. The van der Waals surface area contributed by atoms with Gasteiger partial charge in [-0.15, -0.1) is 0 Å². The van der Waals surface area contributed by atoms with Crippen molar-refractivity contribution in [1.82, 2.24) is 5.32 Å². The molecule has 2 atom stereocenters. The molecule has 0 aromatic heterocycles. The van der Waals surface area contributed by atoms with Crippen LogP contribution in [0.3, 0.4) is 0 Å². The first kappa shape index (κ1) is 20.9. The number of carbonyl (C=O) groups is 2. The average Bonchev–Trinajstić information content (AvgIpc) is 2.56. The number of halogens is 3. The van der Waals surface area contributed by atoms with Gasteiger partial charge >= 0.3 is 0 Å². The highest BCUT2D eigenvalue weighted by Crippen LogP contribution is 2.23. The Morgan fingerprint density at radius 1 is 1.28 bits per heavy atom. The van der Waals surface area contributed by atoms with Gasteiger partial charge in [-0.05, 0) is 6.92 Å². The lowest BCUT2D eigenvalue weighted by Gasteiger charge is -2.29. The van der Waals surface area contributed by atoms with Crippen molar-refractivity contribution in [2.24, 2.45) is 5.41 Å². The second kappa shape index (κ2) is 8.30. The fourth-order valence-corrected chi connectivity index (χ4v) is 1.99. The van der Waals surface area contributed by atoms with Crippen molar-refractivity contribution >= 4 is 18.0 Å². The molecule has 1 rings (SSSR count). The SMILES string of the molecule is C[C@@H](CNC(=O)[C@@H](O)C(C)(C)CO)N(C=O)c1cc(F)c(F)cc1F. The lowest BCUT2D eigenvalue weighted by Crippen LogP contribution is -2.49. The number of aliphatic hydroxyl groups is 2. The molecule has 0 heterocycles. The Morgan fingerprint density at radius 2 is 1.84 bits per heavy atom. The molecule has 3 N–H and O–H groups in total. The van der Waals surface area contributed by atoms with E-state index in [4.69, 9.17) is 5.11 Å². The smallest absolute Gasteiger partial charge is 0.249 e. The van der Waals surface area contributed by atoms with Crippen molar-refractivity contribution in [2.45, 2.75) is 32.9 Å². The molecule has 1 aromatic rings. The zero-order valence-corrected chi connectivity index (χ0v) is 14.1. The van der Waals surface area contributed by atoms with E-state index in [9.17, 15) is 27.9 Å². The molecule has 6 nitrogen and oxygen atoms in total. The van der Waals surface area contributed by atoms with Gasteiger partial charge in [0.25, 0.3) is 0 Å². The molecular weight excluding hydrogens is 341 g/mol. The first-order valence-electron chi connectivity index (χ1n) is 7.50. The minimum absolute atomic E-state index is 0.186. The number of rotatable bonds is 8. The summed E-state index contributed by atoms with van der Waals surface area (Å²) in [5, 5.41) is 21.4. The Labute approximate surface area is 143 Å². The molecule has 9 heteroatoms. The molecule has 0 fully saturated rings. The summed E-state index contributed by atoms with van der Waals surface area (Å²) in [6.07, 6.45) is -1.28. The van der Waals surface area contributed by atoms with Crippen LogP contribution in [-0.4, -0.2) is 47.8 Å². The van der Waals surface area contributed by atoms with Crippen molar-refractivity contribution in [1.29, 1.82) is 0 Å². The second-order valence-corrected chi connectivity index (χ2v) is 6.37. The summed E-state index contributed by atoms with van der Waals surface area (Å²) in [5.74, 6) is -4.63. The number of amides is 2. The highest BCUT2D eigenvalue weighted by molar-refractivity contribution is 5.82. The van der Waals surface area contributed by atoms with Crippen LogP contribution in [0.2, 0.25) is 0 Å². The minimum atomic E-state index is -1.51. The van der Waals surface area contributed by atoms with E-state index in [-0.39, 0.29) is 13.0 Å². The third-order valence-corrected chi connectivity index (χ3v) is 3.82. The van der Waals surface area contributed by atoms with Gasteiger partial charge in [-0.1, -0.05) is 13.8 Å². The van der Waals surface area contributed by atoms with E-state index in [1.807, 2.05) is 0 Å². The van der Waals surface area contributed by atoms with Crippen LogP contribution >= 0.6 is 0 Å². The van der Waals surface area contributed by atoms with Gasteiger partial charge in [0.05, 0.1) is 18.3 Å². The van der Waals surface area contributed by atoms with Crippen LogP contribution < -0.4 is 10.2 Å². The van der Waals surface area contributed by atoms with E-state index >= 15 is 0 Å². The second-order valence-electron chi connectivity index (χ2n) is 6.37. The molecule has 140 valence electrons. The van der Waals surface area contributed by atoms with Gasteiger partial charge in [-0.3, -0.25) is 9.59 Å². The third kappa shape index (κ3) is 4.93. The summed E-state index contributed by atoms with van der Waals surface area (Å²) < 4.78 is 40.1. The van der Waals surface area contributed by atoms with Gasteiger partial charge in [0, 0.05) is 24.1 Å². The Kier molecular flexibility index (Phi) is 6.95. The van der Waals surface area contributed by atoms with Crippen LogP contribution in [0.5, 0.6) is 0 Å². The van der Waals surface area contributed by atoms with E-state index in [1.165, 1.54) is 20.8 Å². The number of nitrogens with one attached hydrogen (secondary N) is 1. The van der Waals surface area contributed by atoms with Gasteiger partial charge in [-0.25, -0.2) is 13.2 Å². The summed E-state index contributed by atoms with van der Waals surface area (Å²) in [6.45, 7) is 3.79. The molecule has 1 aromatic carbocycles. The van der Waals surface area contributed by atoms with E-state index in [1.54, 1.807) is 0 Å². The normalized spacial score (nSPS) is 13.9. The van der Waals surface area contributed by atoms with E-state index < -0.39 is 53.2 Å². The number of nitrogens with zero attached hydrogens (tertiary/aromatic N) is 1. The zero-order valence-electron chi connectivity index (χ0n) is 14.1. The maximum absolute atomic E-state index is 13.8. The zero-order chi connectivity index (χ0) is 19.4. The molecule has 0 aliphatic heterocycles. The van der Waals surface area contributed by atoms with E-state index in [0.29, 0.717) is 12.1 Å². The predicted octanol–water partition coefficient (Wildman–Crippen LogP) is 0.951. The van der Waals surface area contributed by atoms with E-state index in [2.05, 4.69) is 5.32 Å². The van der Waals surface area contributed by atoms with Crippen LogP contribution in [0.25, 0.3) is 0 Å². The molecule has 2 amide bonds. The molecule has 0 bridgehead atoms.